The smallest absolute Gasteiger partial charge is 0.208 e. The highest BCUT2D eigenvalue weighted by Crippen LogP contribution is 2.32. The highest BCUT2D eigenvalue weighted by molar-refractivity contribution is 7.91. The Labute approximate surface area is 100 Å². The van der Waals surface area contributed by atoms with Gasteiger partial charge >= 0.3 is 0 Å². The summed E-state index contributed by atoms with van der Waals surface area (Å²) in [4.78, 5) is 0.752. The molecule has 3 rings (SSSR count). The third-order valence-electron chi connectivity index (χ3n) is 2.91. The Morgan fingerprint density at radius 1 is 0.882 bits per heavy atom. The van der Waals surface area contributed by atoms with Gasteiger partial charge in [-0.05, 0) is 23.8 Å². The van der Waals surface area contributed by atoms with Crippen LogP contribution >= 0.6 is 0 Å². The number of nitrogens with one attached hydrogen (secondary N) is 1. The second kappa shape index (κ2) is 3.60. The average Bonchev–Trinajstić information content (AvgIpc) is 2.47. The van der Waals surface area contributed by atoms with Crippen molar-refractivity contribution in [2.45, 2.75) is 16.3 Å². The molecule has 1 N–H and O–H groups in total. The lowest BCUT2D eigenvalue weighted by atomic mass is 10.2. The van der Waals surface area contributed by atoms with Gasteiger partial charge in [-0.3, -0.25) is 0 Å². The molecule has 0 saturated carbocycles. The minimum absolute atomic E-state index is 0.352. The molecule has 4 heteroatoms. The van der Waals surface area contributed by atoms with Crippen molar-refractivity contribution in [1.29, 1.82) is 0 Å². The highest BCUT2D eigenvalue weighted by atomic mass is 32.2. The summed E-state index contributed by atoms with van der Waals surface area (Å²) in [6, 6.07) is 14.1. The van der Waals surface area contributed by atoms with Gasteiger partial charge in [0.1, 0.15) is 0 Å². The van der Waals surface area contributed by atoms with E-state index in [1.165, 1.54) is 0 Å². The summed E-state index contributed by atoms with van der Waals surface area (Å²) in [5.74, 6) is 0. The number of hydrogen-bond donors (Lipinski definition) is 1. The van der Waals surface area contributed by atoms with Crippen molar-refractivity contribution in [1.82, 2.24) is 0 Å². The third kappa shape index (κ3) is 1.52. The predicted octanol–water partition coefficient (Wildman–Crippen LogP) is 2.44. The first-order valence-corrected chi connectivity index (χ1v) is 6.84. The molecule has 1 heterocycles. The maximum absolute atomic E-state index is 12.5. The summed E-state index contributed by atoms with van der Waals surface area (Å²) in [7, 11) is -3.40. The van der Waals surface area contributed by atoms with Crippen molar-refractivity contribution in [2.75, 3.05) is 5.32 Å². The van der Waals surface area contributed by atoms with Crippen LogP contribution in [-0.4, -0.2) is 8.42 Å². The minimum atomic E-state index is -3.40. The minimum Gasteiger partial charge on any atom is -0.380 e. The molecule has 0 aliphatic carbocycles. The van der Waals surface area contributed by atoms with Crippen LogP contribution in [0.15, 0.2) is 58.3 Å². The zero-order chi connectivity index (χ0) is 11.9. The number of rotatable bonds is 0. The Hall–Kier alpha value is -1.81. The maximum atomic E-state index is 12.5. The number of benzene rings is 2. The molecule has 86 valence electrons. The van der Waals surface area contributed by atoms with E-state index < -0.39 is 9.84 Å². The van der Waals surface area contributed by atoms with Gasteiger partial charge in [0.05, 0.1) is 15.5 Å². The molecule has 0 spiro atoms. The van der Waals surface area contributed by atoms with Crippen LogP contribution in [0.4, 0.5) is 5.69 Å². The molecular weight excluding hydrogens is 234 g/mol. The van der Waals surface area contributed by atoms with Gasteiger partial charge in [-0.2, -0.15) is 0 Å². The molecule has 2 aromatic carbocycles. The van der Waals surface area contributed by atoms with Gasteiger partial charge in [0, 0.05) is 6.54 Å². The fourth-order valence-corrected chi connectivity index (χ4v) is 3.74. The first-order valence-electron chi connectivity index (χ1n) is 5.35. The lowest BCUT2D eigenvalue weighted by molar-refractivity contribution is 0.596. The fraction of sp³-hybridized carbons (Fsp3) is 0.0769. The van der Waals surface area contributed by atoms with Crippen LogP contribution in [0.1, 0.15) is 5.56 Å². The molecule has 0 amide bonds. The Morgan fingerprint density at radius 3 is 2.35 bits per heavy atom. The van der Waals surface area contributed by atoms with E-state index in [0.29, 0.717) is 22.0 Å². The van der Waals surface area contributed by atoms with Crippen LogP contribution < -0.4 is 5.32 Å². The highest BCUT2D eigenvalue weighted by Gasteiger charge is 2.26. The number of fused-ring (bicyclic) bond motifs is 2. The van der Waals surface area contributed by atoms with Crippen LogP contribution in [-0.2, 0) is 16.4 Å². The molecule has 0 radical (unpaired) electrons. The first-order chi connectivity index (χ1) is 8.19. The molecule has 0 atom stereocenters. The number of sulfone groups is 1. The molecule has 1 aliphatic heterocycles. The van der Waals surface area contributed by atoms with Gasteiger partial charge in [0.15, 0.2) is 0 Å². The quantitative estimate of drug-likeness (QED) is 0.775. The summed E-state index contributed by atoms with van der Waals surface area (Å²) < 4.78 is 25.0. The second-order valence-corrected chi connectivity index (χ2v) is 5.85. The van der Waals surface area contributed by atoms with Crippen molar-refractivity contribution >= 4 is 15.5 Å². The van der Waals surface area contributed by atoms with E-state index >= 15 is 0 Å². The number of para-hydroxylation sites is 1. The van der Waals surface area contributed by atoms with Gasteiger partial charge in [-0.25, -0.2) is 8.42 Å². The molecule has 0 saturated heterocycles. The topological polar surface area (TPSA) is 46.2 Å². The summed E-state index contributed by atoms with van der Waals surface area (Å²) in [6.45, 7) is 0.534. The molecule has 0 aromatic heterocycles. The van der Waals surface area contributed by atoms with Crippen LogP contribution in [0.25, 0.3) is 0 Å². The van der Waals surface area contributed by atoms with Crippen LogP contribution in [0.2, 0.25) is 0 Å². The fourth-order valence-electron chi connectivity index (χ4n) is 2.07. The summed E-state index contributed by atoms with van der Waals surface area (Å²) in [5, 5.41) is 3.16. The van der Waals surface area contributed by atoms with E-state index in [-0.39, 0.29) is 0 Å². The number of anilines is 1. The van der Waals surface area contributed by atoms with Crippen molar-refractivity contribution in [2.24, 2.45) is 0 Å². The Kier molecular flexibility index (Phi) is 2.19. The maximum Gasteiger partial charge on any atom is 0.208 e. The van der Waals surface area contributed by atoms with Crippen LogP contribution in [0.3, 0.4) is 0 Å². The van der Waals surface area contributed by atoms with Crippen molar-refractivity contribution in [3.05, 3.63) is 54.1 Å². The van der Waals surface area contributed by atoms with E-state index in [9.17, 15) is 8.42 Å². The average molecular weight is 245 g/mol. The standard InChI is InChI=1S/C13H11NO2S/c15-17(16)12-7-3-1-5-10(12)9-14-11-6-2-4-8-13(11)17/h1-8,14H,9H2. The molecule has 17 heavy (non-hydrogen) atoms. The molecule has 1 aliphatic rings. The van der Waals surface area contributed by atoms with E-state index in [2.05, 4.69) is 5.32 Å². The summed E-state index contributed by atoms with van der Waals surface area (Å²) in [5.41, 5.74) is 1.48. The van der Waals surface area contributed by atoms with E-state index in [1.54, 1.807) is 30.3 Å². The Balaban J connectivity index is 2.35. The first kappa shape index (κ1) is 10.4. The second-order valence-electron chi connectivity index (χ2n) is 3.96. The largest absolute Gasteiger partial charge is 0.380 e. The van der Waals surface area contributed by atoms with Crippen LogP contribution in [0, 0.1) is 0 Å². The van der Waals surface area contributed by atoms with Crippen molar-refractivity contribution in [3.8, 4) is 0 Å². The molecule has 2 aromatic rings. The van der Waals surface area contributed by atoms with Gasteiger partial charge in [0.25, 0.3) is 0 Å². The van der Waals surface area contributed by atoms with E-state index in [1.807, 2.05) is 18.2 Å². The van der Waals surface area contributed by atoms with E-state index in [4.69, 9.17) is 0 Å². The Bertz CT molecular complexity index is 624. The van der Waals surface area contributed by atoms with Gasteiger partial charge < -0.3 is 5.32 Å². The zero-order valence-electron chi connectivity index (χ0n) is 9.05. The number of hydrogen-bond acceptors (Lipinski definition) is 3. The van der Waals surface area contributed by atoms with Gasteiger partial charge in [0.2, 0.25) is 9.84 Å². The van der Waals surface area contributed by atoms with Crippen molar-refractivity contribution < 1.29 is 8.42 Å². The van der Waals surface area contributed by atoms with Gasteiger partial charge in [-0.15, -0.1) is 0 Å². The van der Waals surface area contributed by atoms with E-state index in [0.717, 1.165) is 5.56 Å². The molecule has 0 unspecified atom stereocenters. The lowest BCUT2D eigenvalue weighted by Crippen LogP contribution is -2.02. The SMILES string of the molecule is O=S1(=O)c2ccccc2CNc2ccccc21. The molecule has 0 fully saturated rings. The van der Waals surface area contributed by atoms with Gasteiger partial charge in [-0.1, -0.05) is 30.3 Å². The van der Waals surface area contributed by atoms with Crippen LogP contribution in [0.5, 0.6) is 0 Å². The third-order valence-corrected chi connectivity index (χ3v) is 4.82. The van der Waals surface area contributed by atoms with Crippen molar-refractivity contribution in [3.63, 3.8) is 0 Å². The monoisotopic (exact) mass is 245 g/mol. The predicted molar refractivity (Wildman–Crippen MR) is 65.7 cm³/mol. The summed E-state index contributed by atoms with van der Waals surface area (Å²) in [6.07, 6.45) is 0. The molecular formula is C13H11NO2S. The zero-order valence-corrected chi connectivity index (χ0v) is 9.87. The summed E-state index contributed by atoms with van der Waals surface area (Å²) >= 11 is 0. The molecule has 0 bridgehead atoms. The molecule has 3 nitrogen and oxygen atoms in total. The Morgan fingerprint density at radius 2 is 1.53 bits per heavy atom. The lowest BCUT2D eigenvalue weighted by Gasteiger charge is -2.06. The normalized spacial score (nSPS) is 16.2.